The van der Waals surface area contributed by atoms with Crippen molar-refractivity contribution < 1.29 is 0 Å². The van der Waals surface area contributed by atoms with Crippen molar-refractivity contribution >= 4 is 5.71 Å². The van der Waals surface area contributed by atoms with Crippen LogP contribution in [-0.2, 0) is 0 Å². The first kappa shape index (κ1) is 9.72. The highest BCUT2D eigenvalue weighted by Crippen LogP contribution is 2.06. The van der Waals surface area contributed by atoms with Gasteiger partial charge in [0.2, 0.25) is 0 Å². The Morgan fingerprint density at radius 2 is 2.08 bits per heavy atom. The Bertz CT molecular complexity index is 279. The second kappa shape index (κ2) is 5.31. The minimum atomic E-state index is 0.860. The molecule has 0 aliphatic heterocycles. The molecular formula is C12H15N. The SMILES string of the molecule is C=CCCCN=C1C=CC=CC1=C. The van der Waals surface area contributed by atoms with Crippen LogP contribution in [0.2, 0.25) is 0 Å². The van der Waals surface area contributed by atoms with E-state index in [4.69, 9.17) is 0 Å². The van der Waals surface area contributed by atoms with Gasteiger partial charge in [0.25, 0.3) is 0 Å². The van der Waals surface area contributed by atoms with Gasteiger partial charge in [-0.15, -0.1) is 6.58 Å². The monoisotopic (exact) mass is 173 g/mol. The topological polar surface area (TPSA) is 12.4 Å². The molecule has 0 saturated carbocycles. The van der Waals surface area contributed by atoms with Gasteiger partial charge in [0.15, 0.2) is 0 Å². The summed E-state index contributed by atoms with van der Waals surface area (Å²) in [5.74, 6) is 0. The van der Waals surface area contributed by atoms with Gasteiger partial charge >= 0.3 is 0 Å². The van der Waals surface area contributed by atoms with Crippen molar-refractivity contribution in [2.75, 3.05) is 6.54 Å². The first-order valence-corrected chi connectivity index (χ1v) is 4.54. The number of aliphatic imine (C=N–C) groups is 1. The van der Waals surface area contributed by atoms with Crippen molar-refractivity contribution in [1.82, 2.24) is 0 Å². The van der Waals surface area contributed by atoms with Crippen molar-refractivity contribution in [2.24, 2.45) is 4.99 Å². The summed E-state index contributed by atoms with van der Waals surface area (Å²) in [4.78, 5) is 4.43. The summed E-state index contributed by atoms with van der Waals surface area (Å²) in [6, 6.07) is 0. The molecule has 0 radical (unpaired) electrons. The summed E-state index contributed by atoms with van der Waals surface area (Å²) in [6.07, 6.45) is 12.0. The van der Waals surface area contributed by atoms with E-state index in [0.717, 1.165) is 30.7 Å². The van der Waals surface area contributed by atoms with E-state index in [9.17, 15) is 0 Å². The molecule has 0 amide bonds. The third-order valence-corrected chi connectivity index (χ3v) is 1.84. The Labute approximate surface area is 79.9 Å². The molecule has 0 aromatic rings. The quantitative estimate of drug-likeness (QED) is 0.457. The highest BCUT2D eigenvalue weighted by Gasteiger charge is 1.98. The van der Waals surface area contributed by atoms with Crippen molar-refractivity contribution in [3.8, 4) is 0 Å². The Morgan fingerprint density at radius 3 is 2.77 bits per heavy atom. The van der Waals surface area contributed by atoms with Crippen molar-refractivity contribution in [2.45, 2.75) is 12.8 Å². The maximum atomic E-state index is 4.43. The third kappa shape index (κ3) is 3.24. The number of nitrogens with zero attached hydrogens (tertiary/aromatic N) is 1. The average Bonchev–Trinajstić information content (AvgIpc) is 2.15. The zero-order valence-corrected chi connectivity index (χ0v) is 7.87. The minimum absolute atomic E-state index is 0.860. The standard InChI is InChI=1S/C12H15N/c1-3-4-7-10-13-12-9-6-5-8-11(12)2/h3,5-6,8-9H,1-2,4,7,10H2. The van der Waals surface area contributed by atoms with Crippen LogP contribution in [-0.4, -0.2) is 12.3 Å². The van der Waals surface area contributed by atoms with Crippen molar-refractivity contribution in [3.05, 3.63) is 49.1 Å². The van der Waals surface area contributed by atoms with E-state index in [0.29, 0.717) is 0 Å². The molecule has 1 rings (SSSR count). The molecule has 0 N–H and O–H groups in total. The number of hydrogen-bond donors (Lipinski definition) is 0. The number of unbranched alkanes of at least 4 members (excludes halogenated alkanes) is 1. The lowest BCUT2D eigenvalue weighted by molar-refractivity contribution is 0.858. The molecule has 1 nitrogen and oxygen atoms in total. The van der Waals surface area contributed by atoms with Crippen LogP contribution in [0.3, 0.4) is 0 Å². The second-order valence-electron chi connectivity index (χ2n) is 2.94. The summed E-state index contributed by atoms with van der Waals surface area (Å²) in [6.45, 7) is 8.43. The van der Waals surface area contributed by atoms with Crippen LogP contribution in [0.15, 0.2) is 54.1 Å². The molecule has 0 atom stereocenters. The summed E-state index contributed by atoms with van der Waals surface area (Å²) in [5, 5.41) is 0. The predicted octanol–water partition coefficient (Wildman–Crippen LogP) is 3.08. The number of hydrogen-bond acceptors (Lipinski definition) is 1. The molecule has 0 spiro atoms. The number of rotatable bonds is 4. The molecule has 1 heteroatoms. The van der Waals surface area contributed by atoms with E-state index in [1.54, 1.807) is 0 Å². The number of allylic oxidation sites excluding steroid dienone is 6. The smallest absolute Gasteiger partial charge is 0.0640 e. The molecule has 0 unspecified atom stereocenters. The van der Waals surface area contributed by atoms with Crippen LogP contribution in [0.1, 0.15) is 12.8 Å². The minimum Gasteiger partial charge on any atom is -0.285 e. The van der Waals surface area contributed by atoms with Crippen molar-refractivity contribution in [1.29, 1.82) is 0 Å². The summed E-state index contributed by atoms with van der Waals surface area (Å²) in [5.41, 5.74) is 2.01. The molecule has 1 aliphatic carbocycles. The van der Waals surface area contributed by atoms with Crippen LogP contribution in [0.25, 0.3) is 0 Å². The summed E-state index contributed by atoms with van der Waals surface area (Å²) in [7, 11) is 0. The lowest BCUT2D eigenvalue weighted by Crippen LogP contribution is -1.99. The normalized spacial score (nSPS) is 18.2. The van der Waals surface area contributed by atoms with Gasteiger partial charge in [-0.05, 0) is 24.5 Å². The van der Waals surface area contributed by atoms with Crippen LogP contribution in [0.4, 0.5) is 0 Å². The zero-order chi connectivity index (χ0) is 9.52. The van der Waals surface area contributed by atoms with Gasteiger partial charge in [-0.3, -0.25) is 4.99 Å². The Morgan fingerprint density at radius 1 is 1.31 bits per heavy atom. The van der Waals surface area contributed by atoms with E-state index in [1.165, 1.54) is 0 Å². The van der Waals surface area contributed by atoms with Gasteiger partial charge in [0.05, 0.1) is 5.71 Å². The molecule has 0 fully saturated rings. The fourth-order valence-electron chi connectivity index (χ4n) is 1.10. The largest absolute Gasteiger partial charge is 0.285 e. The van der Waals surface area contributed by atoms with E-state index in [1.807, 2.05) is 30.4 Å². The lowest BCUT2D eigenvalue weighted by Gasteiger charge is -2.03. The van der Waals surface area contributed by atoms with Gasteiger partial charge in [-0.2, -0.15) is 0 Å². The average molecular weight is 173 g/mol. The second-order valence-corrected chi connectivity index (χ2v) is 2.94. The molecule has 1 aliphatic rings. The molecule has 0 saturated heterocycles. The zero-order valence-electron chi connectivity index (χ0n) is 7.87. The van der Waals surface area contributed by atoms with Crippen LogP contribution in [0.5, 0.6) is 0 Å². The van der Waals surface area contributed by atoms with E-state index in [2.05, 4.69) is 18.2 Å². The Kier molecular flexibility index (Phi) is 3.97. The molecule has 0 heterocycles. The van der Waals surface area contributed by atoms with Gasteiger partial charge in [-0.1, -0.05) is 30.9 Å². The molecule has 68 valence electrons. The van der Waals surface area contributed by atoms with E-state index < -0.39 is 0 Å². The highest BCUT2D eigenvalue weighted by molar-refractivity contribution is 6.11. The Balaban J connectivity index is 2.42. The fourth-order valence-corrected chi connectivity index (χ4v) is 1.10. The van der Waals surface area contributed by atoms with Crippen LogP contribution >= 0.6 is 0 Å². The third-order valence-electron chi connectivity index (χ3n) is 1.84. The van der Waals surface area contributed by atoms with Crippen LogP contribution in [0, 0.1) is 0 Å². The first-order valence-electron chi connectivity index (χ1n) is 4.54. The van der Waals surface area contributed by atoms with Gasteiger partial charge in [-0.25, -0.2) is 0 Å². The van der Waals surface area contributed by atoms with E-state index >= 15 is 0 Å². The van der Waals surface area contributed by atoms with Crippen LogP contribution < -0.4 is 0 Å². The summed E-state index contributed by atoms with van der Waals surface area (Å²) >= 11 is 0. The van der Waals surface area contributed by atoms with E-state index in [-0.39, 0.29) is 0 Å². The first-order chi connectivity index (χ1) is 6.34. The maximum absolute atomic E-state index is 4.43. The molecule has 0 bridgehead atoms. The summed E-state index contributed by atoms with van der Waals surface area (Å²) < 4.78 is 0. The lowest BCUT2D eigenvalue weighted by atomic mass is 10.1. The molecular weight excluding hydrogens is 158 g/mol. The molecule has 0 aromatic heterocycles. The van der Waals surface area contributed by atoms with Gasteiger partial charge < -0.3 is 0 Å². The van der Waals surface area contributed by atoms with Crippen molar-refractivity contribution in [3.63, 3.8) is 0 Å². The maximum Gasteiger partial charge on any atom is 0.0640 e. The Hall–Kier alpha value is -1.37. The fraction of sp³-hybridized carbons (Fsp3) is 0.250. The molecule has 0 aromatic carbocycles. The molecule has 13 heavy (non-hydrogen) atoms. The predicted molar refractivity (Wildman–Crippen MR) is 59.2 cm³/mol. The highest BCUT2D eigenvalue weighted by atomic mass is 14.7. The van der Waals surface area contributed by atoms with Gasteiger partial charge in [0, 0.05) is 6.54 Å². The van der Waals surface area contributed by atoms with Gasteiger partial charge in [0.1, 0.15) is 0 Å².